The molecule has 0 bridgehead atoms. The number of amides is 1. The normalized spacial score (nSPS) is 18.7. The summed E-state index contributed by atoms with van der Waals surface area (Å²) in [6.45, 7) is 0.877. The number of phenols is 1. The van der Waals surface area contributed by atoms with Crippen molar-refractivity contribution in [1.29, 1.82) is 0 Å². The Morgan fingerprint density at radius 3 is 2.85 bits per heavy atom. The van der Waals surface area contributed by atoms with Gasteiger partial charge in [-0.3, -0.25) is 9.59 Å². The van der Waals surface area contributed by atoms with Gasteiger partial charge in [0.2, 0.25) is 0 Å². The minimum atomic E-state index is -0.303. The first kappa shape index (κ1) is 14.7. The molecule has 6 heteroatoms. The number of likely N-dealkylation sites (tertiary alicyclic amines) is 1. The first-order valence-electron chi connectivity index (χ1n) is 6.38. The standard InChI is InChI=1S/C14H16ClNO4/c1-20-14(19)9-3-2-6-16(8-9)13(18)11-5-4-10(15)7-12(11)17/h4-5,7,9,17H,2-3,6,8H2,1H3. The van der Waals surface area contributed by atoms with Gasteiger partial charge in [-0.25, -0.2) is 0 Å². The van der Waals surface area contributed by atoms with E-state index in [1.54, 1.807) is 11.0 Å². The van der Waals surface area contributed by atoms with E-state index in [-0.39, 0.29) is 29.1 Å². The SMILES string of the molecule is COC(=O)C1CCCN(C(=O)c2ccc(Cl)cc2O)C1. The number of phenolic OH excluding ortho intramolecular Hbond substituents is 1. The molecule has 0 spiro atoms. The second-order valence-electron chi connectivity index (χ2n) is 4.77. The number of esters is 1. The van der Waals surface area contributed by atoms with Crippen LogP contribution in [0.1, 0.15) is 23.2 Å². The van der Waals surface area contributed by atoms with Crippen LogP contribution in [0.3, 0.4) is 0 Å². The quantitative estimate of drug-likeness (QED) is 0.849. The average molecular weight is 298 g/mol. The van der Waals surface area contributed by atoms with Crippen LogP contribution in [0.15, 0.2) is 18.2 Å². The molecule has 1 saturated heterocycles. The van der Waals surface area contributed by atoms with Crippen LogP contribution in [0, 0.1) is 5.92 Å². The maximum Gasteiger partial charge on any atom is 0.310 e. The molecule has 0 aromatic heterocycles. The second-order valence-corrected chi connectivity index (χ2v) is 5.21. The van der Waals surface area contributed by atoms with Gasteiger partial charge in [-0.2, -0.15) is 0 Å². The van der Waals surface area contributed by atoms with E-state index in [0.29, 0.717) is 24.5 Å². The Hall–Kier alpha value is -1.75. The summed E-state index contributed by atoms with van der Waals surface area (Å²) in [6, 6.07) is 4.37. The molecular weight excluding hydrogens is 282 g/mol. The summed E-state index contributed by atoms with van der Waals surface area (Å²) in [7, 11) is 1.34. The third-order valence-electron chi connectivity index (χ3n) is 3.43. The lowest BCUT2D eigenvalue weighted by Crippen LogP contribution is -2.42. The van der Waals surface area contributed by atoms with Crippen molar-refractivity contribution >= 4 is 23.5 Å². The number of piperidine rings is 1. The molecule has 1 aliphatic rings. The Labute approximate surface area is 122 Å². The van der Waals surface area contributed by atoms with Crippen molar-refractivity contribution in [3.8, 4) is 5.75 Å². The number of methoxy groups -OCH3 is 1. The Balaban J connectivity index is 2.14. The van der Waals surface area contributed by atoms with E-state index in [1.165, 1.54) is 19.2 Å². The smallest absolute Gasteiger partial charge is 0.310 e. The molecule has 1 heterocycles. The van der Waals surface area contributed by atoms with Crippen molar-refractivity contribution in [2.45, 2.75) is 12.8 Å². The molecule has 1 aliphatic heterocycles. The maximum atomic E-state index is 12.4. The van der Waals surface area contributed by atoms with Crippen molar-refractivity contribution in [3.05, 3.63) is 28.8 Å². The lowest BCUT2D eigenvalue weighted by atomic mass is 9.97. The fourth-order valence-electron chi connectivity index (χ4n) is 2.38. The number of hydrogen-bond donors (Lipinski definition) is 1. The van der Waals surface area contributed by atoms with Gasteiger partial charge in [-0.1, -0.05) is 11.6 Å². The Morgan fingerprint density at radius 1 is 1.45 bits per heavy atom. The van der Waals surface area contributed by atoms with E-state index in [0.717, 1.165) is 6.42 Å². The van der Waals surface area contributed by atoms with Crippen molar-refractivity contribution in [3.63, 3.8) is 0 Å². The molecule has 108 valence electrons. The second kappa shape index (κ2) is 6.13. The van der Waals surface area contributed by atoms with Crippen LogP contribution in [0.4, 0.5) is 0 Å². The molecule has 2 rings (SSSR count). The number of nitrogens with zero attached hydrogens (tertiary/aromatic N) is 1. The average Bonchev–Trinajstić information content (AvgIpc) is 2.46. The number of rotatable bonds is 2. The predicted molar refractivity (Wildman–Crippen MR) is 73.8 cm³/mol. The predicted octanol–water partition coefficient (Wildman–Crippen LogP) is 2.07. The van der Waals surface area contributed by atoms with Crippen LogP contribution < -0.4 is 0 Å². The molecule has 1 N–H and O–H groups in total. The Bertz CT molecular complexity index is 532. The first-order valence-corrected chi connectivity index (χ1v) is 6.76. The highest BCUT2D eigenvalue weighted by Gasteiger charge is 2.30. The number of aromatic hydroxyl groups is 1. The summed E-state index contributed by atoms with van der Waals surface area (Å²) in [5.41, 5.74) is 0.194. The zero-order valence-electron chi connectivity index (χ0n) is 11.1. The highest BCUT2D eigenvalue weighted by molar-refractivity contribution is 6.30. The monoisotopic (exact) mass is 297 g/mol. The molecule has 1 aromatic carbocycles. The minimum absolute atomic E-state index is 0.150. The van der Waals surface area contributed by atoms with Gasteiger partial charge in [-0.05, 0) is 31.0 Å². The van der Waals surface area contributed by atoms with Gasteiger partial charge in [0.05, 0.1) is 18.6 Å². The van der Waals surface area contributed by atoms with Gasteiger partial charge < -0.3 is 14.7 Å². The van der Waals surface area contributed by atoms with Crippen LogP contribution in [-0.4, -0.2) is 42.1 Å². The molecule has 1 amide bonds. The van der Waals surface area contributed by atoms with Gasteiger partial charge in [-0.15, -0.1) is 0 Å². The molecule has 1 fully saturated rings. The fraction of sp³-hybridized carbons (Fsp3) is 0.429. The number of benzene rings is 1. The number of carbonyl (C=O) groups excluding carboxylic acids is 2. The number of carbonyl (C=O) groups is 2. The molecule has 20 heavy (non-hydrogen) atoms. The Morgan fingerprint density at radius 2 is 2.20 bits per heavy atom. The number of halogens is 1. The first-order chi connectivity index (χ1) is 9.52. The summed E-state index contributed by atoms with van der Waals surface area (Å²) < 4.78 is 4.72. The molecule has 1 atom stereocenters. The lowest BCUT2D eigenvalue weighted by Gasteiger charge is -2.31. The zero-order valence-corrected chi connectivity index (χ0v) is 11.9. The van der Waals surface area contributed by atoms with E-state index in [1.807, 2.05) is 0 Å². The molecule has 5 nitrogen and oxygen atoms in total. The summed E-state index contributed by atoms with van der Waals surface area (Å²) in [5, 5.41) is 10.2. The van der Waals surface area contributed by atoms with E-state index in [2.05, 4.69) is 0 Å². The van der Waals surface area contributed by atoms with Crippen molar-refractivity contribution < 1.29 is 19.4 Å². The van der Waals surface area contributed by atoms with Crippen molar-refractivity contribution in [2.75, 3.05) is 20.2 Å². The summed E-state index contributed by atoms with van der Waals surface area (Å²) in [5.74, 6) is -1.05. The summed E-state index contributed by atoms with van der Waals surface area (Å²) in [6.07, 6.45) is 1.45. The number of hydrogen-bond acceptors (Lipinski definition) is 4. The zero-order chi connectivity index (χ0) is 14.7. The van der Waals surface area contributed by atoms with Crippen LogP contribution in [0.5, 0.6) is 5.75 Å². The molecular formula is C14H16ClNO4. The maximum absolute atomic E-state index is 12.4. The van der Waals surface area contributed by atoms with Crippen molar-refractivity contribution in [1.82, 2.24) is 4.90 Å². The largest absolute Gasteiger partial charge is 0.507 e. The van der Waals surface area contributed by atoms with Gasteiger partial charge >= 0.3 is 5.97 Å². The van der Waals surface area contributed by atoms with Gasteiger partial charge in [0.25, 0.3) is 5.91 Å². The van der Waals surface area contributed by atoms with Gasteiger partial charge in [0.15, 0.2) is 0 Å². The Kier molecular flexibility index (Phi) is 4.49. The van der Waals surface area contributed by atoms with E-state index >= 15 is 0 Å². The van der Waals surface area contributed by atoms with Crippen LogP contribution in [0.25, 0.3) is 0 Å². The molecule has 0 radical (unpaired) electrons. The van der Waals surface area contributed by atoms with Crippen LogP contribution in [-0.2, 0) is 9.53 Å². The van der Waals surface area contributed by atoms with E-state index in [9.17, 15) is 14.7 Å². The third-order valence-corrected chi connectivity index (χ3v) is 3.67. The number of ether oxygens (including phenoxy) is 1. The lowest BCUT2D eigenvalue weighted by molar-refractivity contribution is -0.146. The highest BCUT2D eigenvalue weighted by Crippen LogP contribution is 2.26. The summed E-state index contributed by atoms with van der Waals surface area (Å²) in [4.78, 5) is 25.5. The fourth-order valence-corrected chi connectivity index (χ4v) is 2.54. The molecule has 1 unspecified atom stereocenters. The topological polar surface area (TPSA) is 66.8 Å². The van der Waals surface area contributed by atoms with Crippen molar-refractivity contribution in [2.24, 2.45) is 5.92 Å². The molecule has 0 aliphatic carbocycles. The summed E-state index contributed by atoms with van der Waals surface area (Å²) >= 11 is 5.74. The van der Waals surface area contributed by atoms with Crippen LogP contribution in [0.2, 0.25) is 5.02 Å². The van der Waals surface area contributed by atoms with Gasteiger partial charge in [0, 0.05) is 18.1 Å². The molecule has 0 saturated carbocycles. The van der Waals surface area contributed by atoms with E-state index < -0.39 is 0 Å². The van der Waals surface area contributed by atoms with Crippen LogP contribution >= 0.6 is 11.6 Å². The minimum Gasteiger partial charge on any atom is -0.507 e. The highest BCUT2D eigenvalue weighted by atomic mass is 35.5. The molecule has 1 aromatic rings. The third kappa shape index (κ3) is 3.04. The van der Waals surface area contributed by atoms with E-state index in [4.69, 9.17) is 16.3 Å². The van der Waals surface area contributed by atoms with Gasteiger partial charge in [0.1, 0.15) is 5.75 Å².